The van der Waals surface area contributed by atoms with E-state index >= 15 is 0 Å². The summed E-state index contributed by atoms with van der Waals surface area (Å²) in [7, 11) is 0. The molecule has 2 aromatic carbocycles. The Morgan fingerprint density at radius 1 is 1.14 bits per heavy atom. The summed E-state index contributed by atoms with van der Waals surface area (Å²) in [5, 5.41) is 6.33. The summed E-state index contributed by atoms with van der Waals surface area (Å²) in [5.41, 5.74) is 2.98. The average molecular weight is 524 g/mol. The largest absolute Gasteiger partial charge is 0.490 e. The van der Waals surface area contributed by atoms with E-state index in [0.717, 1.165) is 27.0 Å². The Hall–Kier alpha value is -1.87. The zero-order chi connectivity index (χ0) is 20.8. The van der Waals surface area contributed by atoms with Crippen LogP contribution in [0.3, 0.4) is 0 Å². The minimum absolute atomic E-state index is 0.0838. The summed E-state index contributed by atoms with van der Waals surface area (Å²) >= 11 is 3.71. The number of anilines is 1. The molecule has 2 N–H and O–H groups in total. The molecule has 1 amide bonds. The van der Waals surface area contributed by atoms with E-state index < -0.39 is 0 Å². The van der Waals surface area contributed by atoms with Gasteiger partial charge in [0, 0.05) is 5.69 Å². The van der Waals surface area contributed by atoms with Crippen molar-refractivity contribution in [3.05, 3.63) is 56.0 Å². The lowest BCUT2D eigenvalue weighted by molar-refractivity contribution is -0.116. The van der Waals surface area contributed by atoms with Crippen molar-refractivity contribution in [1.29, 1.82) is 0 Å². The maximum Gasteiger partial charge on any atom is 0.260 e. The number of rotatable bonds is 8. The van der Waals surface area contributed by atoms with Gasteiger partial charge < -0.3 is 20.1 Å². The quantitative estimate of drug-likeness (QED) is 0.365. The molecule has 5 nitrogen and oxygen atoms in total. The highest BCUT2D eigenvalue weighted by Crippen LogP contribution is 2.36. The maximum absolute atomic E-state index is 12.4. The lowest BCUT2D eigenvalue weighted by Gasteiger charge is -2.14. The van der Waals surface area contributed by atoms with E-state index in [4.69, 9.17) is 9.47 Å². The lowest BCUT2D eigenvalue weighted by atomic mass is 10.1. The second-order valence-electron chi connectivity index (χ2n) is 6.37. The van der Waals surface area contributed by atoms with Crippen LogP contribution < -0.4 is 20.1 Å². The van der Waals surface area contributed by atoms with Crippen LogP contribution in [0.15, 0.2) is 41.3 Å². The fraction of sp³-hybridized carbons (Fsp3) is 0.318. The molecule has 1 aliphatic rings. The number of aryl methyl sites for hydroxylation is 1. The maximum atomic E-state index is 12.4. The fourth-order valence-corrected chi connectivity index (χ4v) is 4.69. The van der Waals surface area contributed by atoms with E-state index in [1.165, 1.54) is 17.3 Å². The van der Waals surface area contributed by atoms with E-state index in [1.807, 2.05) is 44.2 Å². The topological polar surface area (TPSA) is 59.6 Å². The molecule has 29 heavy (non-hydrogen) atoms. The van der Waals surface area contributed by atoms with Gasteiger partial charge in [-0.1, -0.05) is 30.8 Å². The number of halogens is 1. The van der Waals surface area contributed by atoms with Crippen LogP contribution >= 0.6 is 34.4 Å². The highest BCUT2D eigenvalue weighted by atomic mass is 127. The van der Waals surface area contributed by atoms with Crippen molar-refractivity contribution in [3.8, 4) is 11.5 Å². The molecule has 1 aliphatic heterocycles. The summed E-state index contributed by atoms with van der Waals surface area (Å²) in [4.78, 5) is 13.1. The first-order chi connectivity index (χ1) is 14.0. The van der Waals surface area contributed by atoms with E-state index in [9.17, 15) is 4.79 Å². The minimum atomic E-state index is -0.200. The number of carbonyl (C=O) groups is 1. The summed E-state index contributed by atoms with van der Waals surface area (Å²) in [6.45, 7) is 7.14. The molecular weight excluding hydrogens is 499 g/mol. The van der Waals surface area contributed by atoms with Gasteiger partial charge in [0.15, 0.2) is 17.0 Å². The van der Waals surface area contributed by atoms with Crippen molar-refractivity contribution in [3.63, 3.8) is 0 Å². The van der Waals surface area contributed by atoms with Gasteiger partial charge in [0.05, 0.1) is 21.7 Å². The molecule has 0 bridgehead atoms. The van der Waals surface area contributed by atoms with Crippen LogP contribution in [-0.4, -0.2) is 24.6 Å². The smallest absolute Gasteiger partial charge is 0.260 e. The predicted molar refractivity (Wildman–Crippen MR) is 128 cm³/mol. The highest BCUT2D eigenvalue weighted by Gasteiger charge is 2.27. The van der Waals surface area contributed by atoms with E-state index in [0.29, 0.717) is 23.9 Å². The second kappa shape index (κ2) is 10.2. The normalized spacial score (nSPS) is 17.3. The fourth-order valence-electron chi connectivity index (χ4n) is 2.92. The first-order valence-corrected chi connectivity index (χ1v) is 11.6. The standard InChI is InChI=1S/C22H25IN2O3S/c1-4-14-7-9-16(10-8-14)24-22-25-21(26)19(29-22)13-15-11-17(23)20(28-6-3)18(12-15)27-5-2/h7-13,22,24H,4-6H2,1-3H3,(H,25,26)/b19-13-/t22-/m0/s1. The van der Waals surface area contributed by atoms with E-state index in [1.54, 1.807) is 0 Å². The van der Waals surface area contributed by atoms with Crippen LogP contribution in [0.5, 0.6) is 11.5 Å². The zero-order valence-corrected chi connectivity index (χ0v) is 19.7. The van der Waals surface area contributed by atoms with Crippen LogP contribution in [0.25, 0.3) is 6.08 Å². The number of nitrogens with one attached hydrogen (secondary N) is 2. The Labute approximate surface area is 189 Å². The second-order valence-corrected chi connectivity index (χ2v) is 8.68. The summed E-state index contributed by atoms with van der Waals surface area (Å²) in [5.74, 6) is 1.36. The molecule has 0 saturated carbocycles. The van der Waals surface area contributed by atoms with Crippen LogP contribution in [0.4, 0.5) is 5.69 Å². The Bertz CT molecular complexity index is 900. The van der Waals surface area contributed by atoms with Crippen molar-refractivity contribution < 1.29 is 14.3 Å². The molecule has 0 radical (unpaired) electrons. The molecule has 3 rings (SSSR count). The number of carbonyl (C=O) groups excluding carboxylic acids is 1. The third kappa shape index (κ3) is 5.60. The number of hydrogen-bond acceptors (Lipinski definition) is 5. The molecule has 0 unspecified atom stereocenters. The number of ether oxygens (including phenoxy) is 2. The van der Waals surface area contributed by atoms with Crippen molar-refractivity contribution >= 4 is 52.0 Å². The molecule has 7 heteroatoms. The van der Waals surface area contributed by atoms with Gasteiger partial charge in [-0.05, 0) is 84.3 Å². The molecule has 1 saturated heterocycles. The highest BCUT2D eigenvalue weighted by molar-refractivity contribution is 14.1. The molecule has 2 aromatic rings. The lowest BCUT2D eigenvalue weighted by Crippen LogP contribution is -2.30. The summed E-state index contributed by atoms with van der Waals surface area (Å²) in [6, 6.07) is 12.2. The molecular formula is C22H25IN2O3S. The number of amides is 1. The monoisotopic (exact) mass is 524 g/mol. The van der Waals surface area contributed by atoms with Crippen LogP contribution in [0.1, 0.15) is 31.9 Å². The van der Waals surface area contributed by atoms with E-state index in [2.05, 4.69) is 52.3 Å². The number of benzene rings is 2. The molecule has 1 atom stereocenters. The Balaban J connectivity index is 1.76. The van der Waals surface area contributed by atoms with Crippen LogP contribution in [0.2, 0.25) is 0 Å². The molecule has 0 spiro atoms. The Kier molecular flexibility index (Phi) is 7.71. The van der Waals surface area contributed by atoms with Gasteiger partial charge in [-0.15, -0.1) is 0 Å². The Morgan fingerprint density at radius 2 is 1.86 bits per heavy atom. The first-order valence-electron chi connectivity index (χ1n) is 9.67. The minimum Gasteiger partial charge on any atom is -0.490 e. The van der Waals surface area contributed by atoms with Crippen molar-refractivity contribution in [2.75, 3.05) is 18.5 Å². The summed E-state index contributed by atoms with van der Waals surface area (Å²) < 4.78 is 12.4. The van der Waals surface area contributed by atoms with E-state index in [-0.39, 0.29) is 11.4 Å². The third-order valence-electron chi connectivity index (χ3n) is 4.31. The van der Waals surface area contributed by atoms with Crippen molar-refractivity contribution in [1.82, 2.24) is 5.32 Å². The molecule has 0 aromatic heterocycles. The van der Waals surface area contributed by atoms with Crippen LogP contribution in [-0.2, 0) is 11.2 Å². The van der Waals surface area contributed by atoms with Crippen molar-refractivity contribution in [2.45, 2.75) is 32.7 Å². The summed E-state index contributed by atoms with van der Waals surface area (Å²) in [6.07, 6.45) is 2.90. The van der Waals surface area contributed by atoms with Gasteiger partial charge in [-0.2, -0.15) is 0 Å². The van der Waals surface area contributed by atoms with Gasteiger partial charge >= 0.3 is 0 Å². The van der Waals surface area contributed by atoms with Crippen LogP contribution in [0, 0.1) is 3.57 Å². The zero-order valence-electron chi connectivity index (χ0n) is 16.8. The van der Waals surface area contributed by atoms with Gasteiger partial charge in [0.2, 0.25) is 0 Å². The third-order valence-corrected chi connectivity index (χ3v) is 6.14. The van der Waals surface area contributed by atoms with Gasteiger partial charge in [0.25, 0.3) is 5.91 Å². The number of thioether (sulfide) groups is 1. The first kappa shape index (κ1) is 21.8. The van der Waals surface area contributed by atoms with Gasteiger partial charge in [-0.25, -0.2) is 0 Å². The number of hydrogen-bond donors (Lipinski definition) is 2. The SMILES string of the molecule is CCOc1cc(/C=C2\S[C@@H](Nc3ccc(CC)cc3)NC2=O)cc(I)c1OCC. The van der Waals surface area contributed by atoms with Gasteiger partial charge in [0.1, 0.15) is 0 Å². The average Bonchev–Trinajstić information content (AvgIpc) is 3.04. The molecule has 154 valence electrons. The molecule has 1 fully saturated rings. The molecule has 0 aliphatic carbocycles. The van der Waals surface area contributed by atoms with Crippen molar-refractivity contribution in [2.24, 2.45) is 0 Å². The predicted octanol–water partition coefficient (Wildman–Crippen LogP) is 5.25. The Morgan fingerprint density at radius 3 is 2.52 bits per heavy atom. The van der Waals surface area contributed by atoms with Gasteiger partial charge in [-0.3, -0.25) is 4.79 Å². The molecule has 1 heterocycles.